The number of aliphatic hydroxyl groups is 1. The van der Waals surface area contributed by atoms with Crippen molar-refractivity contribution < 1.29 is 80.2 Å². The minimum absolute atomic E-state index is 0.105. The molecule has 3 unspecified atom stereocenters. The summed E-state index contributed by atoms with van der Waals surface area (Å²) in [6.07, 6.45) is 47.1. The van der Waals surface area contributed by atoms with Gasteiger partial charge in [-0.1, -0.05) is 305 Å². The number of unbranched alkanes of at least 4 members (excludes halogenated alkanes) is 38. The van der Waals surface area contributed by atoms with Crippen molar-refractivity contribution in [3.8, 4) is 0 Å². The summed E-state index contributed by atoms with van der Waals surface area (Å²) in [5.74, 6) is -0.629. The van der Waals surface area contributed by atoms with E-state index in [4.69, 9.17) is 37.0 Å². The first kappa shape index (κ1) is 87.1. The standard InChI is InChI=1S/C70H136O17P2/c1-7-10-12-14-16-18-20-21-22-23-24-25-27-36-42-48-54-69(74)86-65(59-81-68(73)53-47-41-35-31-29-33-39-45-51-63(6)9-3)60-84-88(76,77)82-56-64(71)57-83-89(78,79)85-61-66(58-80-67(72)52-46-40-34-26-19-17-15-13-11-8-2)87-70(75)55-49-43-37-30-28-32-38-44-50-62(4)5/h62-66,71H,7-61H2,1-6H3,(H,76,77)(H,78,79)/t63?,64-,65-,66-/m1/s1. The number of esters is 4. The average molecular weight is 1310 g/mol. The summed E-state index contributed by atoms with van der Waals surface area (Å²) in [5, 5.41) is 10.6. The van der Waals surface area contributed by atoms with Gasteiger partial charge < -0.3 is 33.8 Å². The van der Waals surface area contributed by atoms with Crippen LogP contribution in [-0.2, 0) is 65.4 Å². The summed E-state index contributed by atoms with van der Waals surface area (Å²) in [6.45, 7) is 9.50. The SMILES string of the molecule is CCCCCCCCCCCCCCCCCCC(=O)O[C@H](COC(=O)CCCCCCCCCCC(C)CC)COP(=O)(O)OC[C@@H](O)COP(=O)(O)OC[C@@H](COC(=O)CCCCCCCCCCCC)OC(=O)CCCCCCCCCCC(C)C. The molecule has 0 spiro atoms. The quantitative estimate of drug-likeness (QED) is 0.0222. The predicted molar refractivity (Wildman–Crippen MR) is 358 cm³/mol. The highest BCUT2D eigenvalue weighted by molar-refractivity contribution is 7.47. The molecule has 0 heterocycles. The van der Waals surface area contributed by atoms with Crippen LogP contribution >= 0.6 is 15.6 Å². The fraction of sp³-hybridized carbons (Fsp3) is 0.943. The second-order valence-corrected chi connectivity index (χ2v) is 28.9. The van der Waals surface area contributed by atoms with Gasteiger partial charge >= 0.3 is 39.5 Å². The molecule has 0 aromatic rings. The van der Waals surface area contributed by atoms with Gasteiger partial charge in [0, 0.05) is 25.7 Å². The minimum Gasteiger partial charge on any atom is -0.462 e. The maximum Gasteiger partial charge on any atom is 0.472 e. The van der Waals surface area contributed by atoms with Crippen LogP contribution in [0.2, 0.25) is 0 Å². The lowest BCUT2D eigenvalue weighted by Gasteiger charge is -2.21. The van der Waals surface area contributed by atoms with Crippen molar-refractivity contribution in [2.45, 2.75) is 374 Å². The van der Waals surface area contributed by atoms with Gasteiger partial charge in [0.2, 0.25) is 0 Å². The maximum absolute atomic E-state index is 13.0. The highest BCUT2D eigenvalue weighted by Crippen LogP contribution is 2.45. The summed E-state index contributed by atoms with van der Waals surface area (Å²) >= 11 is 0. The van der Waals surface area contributed by atoms with Crippen LogP contribution in [-0.4, -0.2) is 96.7 Å². The lowest BCUT2D eigenvalue weighted by molar-refractivity contribution is -0.161. The zero-order chi connectivity index (χ0) is 65.7. The number of hydrogen-bond donors (Lipinski definition) is 3. The molecule has 0 aromatic heterocycles. The number of carbonyl (C=O) groups is 4. The lowest BCUT2D eigenvalue weighted by atomic mass is 9.99. The average Bonchev–Trinajstić information content (AvgIpc) is 3.59. The lowest BCUT2D eigenvalue weighted by Crippen LogP contribution is -2.30. The van der Waals surface area contributed by atoms with Crippen molar-refractivity contribution in [2.24, 2.45) is 11.8 Å². The molecule has 0 radical (unpaired) electrons. The third kappa shape index (κ3) is 63.2. The Bertz CT molecular complexity index is 1740. The normalized spacial score (nSPS) is 14.4. The molecule has 0 aliphatic heterocycles. The Morgan fingerprint density at radius 1 is 0.326 bits per heavy atom. The molecule has 0 saturated heterocycles. The first-order valence-electron chi connectivity index (χ1n) is 36.5. The number of rotatable bonds is 69. The molecule has 0 aliphatic rings. The number of hydrogen-bond acceptors (Lipinski definition) is 15. The summed E-state index contributed by atoms with van der Waals surface area (Å²) in [4.78, 5) is 72.5. The van der Waals surface area contributed by atoms with Crippen molar-refractivity contribution in [1.82, 2.24) is 0 Å². The molecule has 19 heteroatoms. The van der Waals surface area contributed by atoms with Gasteiger partial charge in [-0.3, -0.25) is 37.3 Å². The zero-order valence-electron chi connectivity index (χ0n) is 57.7. The molecule has 6 atom stereocenters. The molecule has 0 amide bonds. The number of phosphoric acid groups is 2. The Hall–Kier alpha value is -1.94. The Labute approximate surface area is 543 Å². The smallest absolute Gasteiger partial charge is 0.462 e. The molecule has 0 rings (SSSR count). The van der Waals surface area contributed by atoms with Gasteiger partial charge in [-0.2, -0.15) is 0 Å². The maximum atomic E-state index is 13.0. The van der Waals surface area contributed by atoms with Crippen molar-refractivity contribution in [2.75, 3.05) is 39.6 Å². The van der Waals surface area contributed by atoms with Crippen molar-refractivity contribution in [3.05, 3.63) is 0 Å². The molecular weight excluding hydrogens is 1170 g/mol. The Morgan fingerprint density at radius 2 is 0.573 bits per heavy atom. The van der Waals surface area contributed by atoms with Crippen LogP contribution < -0.4 is 0 Å². The van der Waals surface area contributed by atoms with Crippen LogP contribution in [0.5, 0.6) is 0 Å². The highest BCUT2D eigenvalue weighted by Gasteiger charge is 2.30. The van der Waals surface area contributed by atoms with E-state index in [1.807, 2.05) is 0 Å². The molecule has 0 fully saturated rings. The van der Waals surface area contributed by atoms with Crippen molar-refractivity contribution in [3.63, 3.8) is 0 Å². The van der Waals surface area contributed by atoms with Gasteiger partial charge in [-0.15, -0.1) is 0 Å². The predicted octanol–water partition coefficient (Wildman–Crippen LogP) is 20.0. The van der Waals surface area contributed by atoms with Crippen LogP contribution in [0.15, 0.2) is 0 Å². The van der Waals surface area contributed by atoms with Crippen molar-refractivity contribution >= 4 is 39.5 Å². The second-order valence-electron chi connectivity index (χ2n) is 26.0. The van der Waals surface area contributed by atoms with Gasteiger partial charge in [0.25, 0.3) is 0 Å². The van der Waals surface area contributed by atoms with E-state index in [-0.39, 0.29) is 25.7 Å². The van der Waals surface area contributed by atoms with Gasteiger partial charge in [-0.05, 0) is 37.5 Å². The number of phosphoric ester groups is 2. The Balaban J connectivity index is 5.24. The van der Waals surface area contributed by atoms with E-state index in [0.717, 1.165) is 102 Å². The molecule has 0 bridgehead atoms. The van der Waals surface area contributed by atoms with Crippen molar-refractivity contribution in [1.29, 1.82) is 0 Å². The van der Waals surface area contributed by atoms with Crippen LogP contribution in [0, 0.1) is 11.8 Å². The van der Waals surface area contributed by atoms with Gasteiger partial charge in [0.15, 0.2) is 12.2 Å². The van der Waals surface area contributed by atoms with Crippen LogP contribution in [0.1, 0.15) is 356 Å². The van der Waals surface area contributed by atoms with E-state index in [1.54, 1.807) is 0 Å². The van der Waals surface area contributed by atoms with E-state index in [2.05, 4.69) is 41.5 Å². The summed E-state index contributed by atoms with van der Waals surface area (Å²) in [5.41, 5.74) is 0. The molecule has 17 nitrogen and oxygen atoms in total. The third-order valence-corrected chi connectivity index (χ3v) is 18.5. The number of carbonyl (C=O) groups excluding carboxylic acids is 4. The molecule has 89 heavy (non-hydrogen) atoms. The molecule has 0 aromatic carbocycles. The molecule has 0 saturated carbocycles. The van der Waals surface area contributed by atoms with Gasteiger partial charge in [0.05, 0.1) is 26.4 Å². The molecular formula is C70H136O17P2. The summed E-state index contributed by atoms with van der Waals surface area (Å²) in [7, 11) is -9.90. The van der Waals surface area contributed by atoms with E-state index in [0.29, 0.717) is 25.7 Å². The zero-order valence-corrected chi connectivity index (χ0v) is 59.5. The van der Waals surface area contributed by atoms with Gasteiger partial charge in [-0.25, -0.2) is 9.13 Å². The topological polar surface area (TPSA) is 237 Å². The fourth-order valence-electron chi connectivity index (χ4n) is 10.6. The van der Waals surface area contributed by atoms with Crippen LogP contribution in [0.25, 0.3) is 0 Å². The first-order valence-corrected chi connectivity index (χ1v) is 39.5. The molecule has 0 aliphatic carbocycles. The largest absolute Gasteiger partial charge is 0.472 e. The Morgan fingerprint density at radius 3 is 0.854 bits per heavy atom. The summed E-state index contributed by atoms with van der Waals surface area (Å²) < 4.78 is 68.3. The first-order chi connectivity index (χ1) is 42.9. The highest BCUT2D eigenvalue weighted by atomic mass is 31.2. The van der Waals surface area contributed by atoms with Crippen LogP contribution in [0.3, 0.4) is 0 Å². The van der Waals surface area contributed by atoms with E-state index >= 15 is 0 Å². The van der Waals surface area contributed by atoms with Crippen LogP contribution in [0.4, 0.5) is 0 Å². The Kier molecular flexibility index (Phi) is 60.8. The van der Waals surface area contributed by atoms with E-state index in [9.17, 15) is 43.2 Å². The molecule has 3 N–H and O–H groups in total. The monoisotopic (exact) mass is 1310 g/mol. The summed E-state index contributed by atoms with van der Waals surface area (Å²) in [6, 6.07) is 0. The number of aliphatic hydroxyl groups excluding tert-OH is 1. The van der Waals surface area contributed by atoms with E-state index < -0.39 is 97.5 Å². The second kappa shape index (κ2) is 62.2. The molecule has 528 valence electrons. The van der Waals surface area contributed by atoms with Gasteiger partial charge in [0.1, 0.15) is 19.3 Å². The minimum atomic E-state index is -4.95. The third-order valence-electron chi connectivity index (χ3n) is 16.6. The fourth-order valence-corrected chi connectivity index (χ4v) is 12.1. The number of ether oxygens (including phenoxy) is 4. The van der Waals surface area contributed by atoms with E-state index in [1.165, 1.54) is 173 Å².